The highest BCUT2D eigenvalue weighted by atomic mass is 16.5. The van der Waals surface area contributed by atoms with Crippen LogP contribution in [0.1, 0.15) is 32.1 Å². The number of methoxy groups -OCH3 is 1. The van der Waals surface area contributed by atoms with Crippen LogP contribution in [0.15, 0.2) is 0 Å². The minimum absolute atomic E-state index is 0.138. The fraction of sp³-hybridized carbons (Fsp3) is 0.929. The first-order chi connectivity index (χ1) is 9.04. The van der Waals surface area contributed by atoms with E-state index in [0.717, 1.165) is 12.8 Å². The van der Waals surface area contributed by atoms with Crippen LogP contribution in [0.5, 0.6) is 0 Å². The Morgan fingerprint density at radius 2 is 1.95 bits per heavy atom. The van der Waals surface area contributed by atoms with Crippen LogP contribution >= 0.6 is 0 Å². The Bertz CT molecular complexity index is 267. The average Bonchev–Trinajstić information content (AvgIpc) is 2.38. The SMILES string of the molecule is COCC(O)CN(C)CC(=O)N(C)C1CCCCC1. The number of carbonyl (C=O) groups is 1. The Kier molecular flexibility index (Phi) is 7.34. The number of likely N-dealkylation sites (N-methyl/N-ethyl adjacent to an activating group) is 2. The van der Waals surface area contributed by atoms with Crippen molar-refractivity contribution in [1.29, 1.82) is 0 Å². The zero-order valence-corrected chi connectivity index (χ0v) is 12.5. The van der Waals surface area contributed by atoms with Gasteiger partial charge in [0.1, 0.15) is 0 Å². The molecule has 1 aliphatic carbocycles. The Morgan fingerprint density at radius 3 is 2.53 bits per heavy atom. The topological polar surface area (TPSA) is 53.0 Å². The van der Waals surface area contributed by atoms with E-state index in [0.29, 0.717) is 25.7 Å². The second-order valence-electron chi connectivity index (χ2n) is 5.60. The molecule has 1 amide bonds. The molecule has 1 unspecified atom stereocenters. The minimum atomic E-state index is -0.539. The molecule has 0 aromatic heterocycles. The normalized spacial score (nSPS) is 18.6. The predicted octanol–water partition coefficient (Wildman–Crippen LogP) is 0.717. The molecule has 0 aliphatic heterocycles. The number of carbonyl (C=O) groups excluding carboxylic acids is 1. The smallest absolute Gasteiger partial charge is 0.236 e. The lowest BCUT2D eigenvalue weighted by Gasteiger charge is -2.32. The molecule has 1 atom stereocenters. The highest BCUT2D eigenvalue weighted by molar-refractivity contribution is 5.78. The lowest BCUT2D eigenvalue weighted by Crippen LogP contribution is -2.44. The number of nitrogens with zero attached hydrogens (tertiary/aromatic N) is 2. The predicted molar refractivity (Wildman–Crippen MR) is 75.0 cm³/mol. The Balaban J connectivity index is 2.31. The molecule has 0 saturated heterocycles. The summed E-state index contributed by atoms with van der Waals surface area (Å²) >= 11 is 0. The summed E-state index contributed by atoms with van der Waals surface area (Å²) in [4.78, 5) is 15.9. The van der Waals surface area contributed by atoms with E-state index in [4.69, 9.17) is 4.74 Å². The second kappa shape index (κ2) is 8.51. The highest BCUT2D eigenvalue weighted by Crippen LogP contribution is 2.21. The van der Waals surface area contributed by atoms with Crippen LogP contribution < -0.4 is 0 Å². The molecular formula is C14H28N2O3. The van der Waals surface area contributed by atoms with Gasteiger partial charge in [-0.3, -0.25) is 9.69 Å². The van der Waals surface area contributed by atoms with E-state index in [-0.39, 0.29) is 5.91 Å². The largest absolute Gasteiger partial charge is 0.389 e. The molecule has 1 rings (SSSR count). The standard InChI is InChI=1S/C14H28N2O3/c1-15(9-13(17)11-19-3)10-14(18)16(2)12-7-5-4-6-8-12/h12-13,17H,4-11H2,1-3H3. The van der Waals surface area contributed by atoms with E-state index in [1.807, 2.05) is 23.9 Å². The van der Waals surface area contributed by atoms with Crippen LogP contribution in [0.25, 0.3) is 0 Å². The molecule has 0 bridgehead atoms. The monoisotopic (exact) mass is 272 g/mol. The summed E-state index contributed by atoms with van der Waals surface area (Å²) in [6, 6.07) is 0.401. The number of hydrogen-bond donors (Lipinski definition) is 1. The first-order valence-corrected chi connectivity index (χ1v) is 7.15. The first-order valence-electron chi connectivity index (χ1n) is 7.15. The van der Waals surface area contributed by atoms with Crippen LogP contribution in [0, 0.1) is 0 Å². The summed E-state index contributed by atoms with van der Waals surface area (Å²) in [6.45, 7) is 1.11. The highest BCUT2D eigenvalue weighted by Gasteiger charge is 2.23. The van der Waals surface area contributed by atoms with Crippen molar-refractivity contribution in [2.75, 3.05) is 40.9 Å². The fourth-order valence-corrected chi connectivity index (χ4v) is 2.68. The average molecular weight is 272 g/mol. The van der Waals surface area contributed by atoms with Gasteiger partial charge in [0.25, 0.3) is 0 Å². The minimum Gasteiger partial charge on any atom is -0.389 e. The van der Waals surface area contributed by atoms with Gasteiger partial charge in [-0.2, -0.15) is 0 Å². The van der Waals surface area contributed by atoms with Crippen molar-refractivity contribution >= 4 is 5.91 Å². The number of rotatable bonds is 7. The van der Waals surface area contributed by atoms with E-state index >= 15 is 0 Å². The number of aliphatic hydroxyl groups is 1. The van der Waals surface area contributed by atoms with Gasteiger partial charge in [-0.05, 0) is 19.9 Å². The first kappa shape index (κ1) is 16.4. The number of hydrogen-bond acceptors (Lipinski definition) is 4. The molecule has 19 heavy (non-hydrogen) atoms. The third kappa shape index (κ3) is 5.89. The Labute approximate surface area is 116 Å². The van der Waals surface area contributed by atoms with Crippen LogP contribution in [-0.4, -0.2) is 73.9 Å². The summed E-state index contributed by atoms with van der Waals surface area (Å²) < 4.78 is 4.88. The van der Waals surface area contributed by atoms with Crippen LogP contribution in [0.2, 0.25) is 0 Å². The maximum atomic E-state index is 12.2. The molecule has 0 aromatic rings. The lowest BCUT2D eigenvalue weighted by molar-refractivity contribution is -0.133. The van der Waals surface area contributed by atoms with Crippen molar-refractivity contribution in [3.05, 3.63) is 0 Å². The van der Waals surface area contributed by atoms with Gasteiger partial charge in [0, 0.05) is 26.7 Å². The maximum absolute atomic E-state index is 12.2. The van der Waals surface area contributed by atoms with Gasteiger partial charge in [-0.15, -0.1) is 0 Å². The van der Waals surface area contributed by atoms with Crippen LogP contribution in [-0.2, 0) is 9.53 Å². The number of amides is 1. The molecular weight excluding hydrogens is 244 g/mol. The molecule has 1 aliphatic rings. The molecule has 112 valence electrons. The molecule has 1 saturated carbocycles. The van der Waals surface area contributed by atoms with Crippen molar-refractivity contribution in [2.45, 2.75) is 44.2 Å². The van der Waals surface area contributed by atoms with Crippen molar-refractivity contribution < 1.29 is 14.6 Å². The molecule has 0 spiro atoms. The summed E-state index contributed by atoms with van der Waals surface area (Å²) in [5.74, 6) is 0.138. The van der Waals surface area contributed by atoms with Gasteiger partial charge >= 0.3 is 0 Å². The zero-order chi connectivity index (χ0) is 14.3. The lowest BCUT2D eigenvalue weighted by atomic mass is 9.94. The quantitative estimate of drug-likeness (QED) is 0.742. The van der Waals surface area contributed by atoms with Gasteiger partial charge in [0.05, 0.1) is 19.3 Å². The van der Waals surface area contributed by atoms with Crippen molar-refractivity contribution in [2.24, 2.45) is 0 Å². The van der Waals surface area contributed by atoms with E-state index < -0.39 is 6.10 Å². The van der Waals surface area contributed by atoms with E-state index in [1.54, 1.807) is 7.11 Å². The van der Waals surface area contributed by atoms with E-state index in [9.17, 15) is 9.90 Å². The summed E-state index contributed by atoms with van der Waals surface area (Å²) in [7, 11) is 5.31. The number of ether oxygens (including phenoxy) is 1. The maximum Gasteiger partial charge on any atom is 0.236 e. The Morgan fingerprint density at radius 1 is 1.32 bits per heavy atom. The molecule has 1 fully saturated rings. The molecule has 0 aromatic carbocycles. The summed E-state index contributed by atoms with van der Waals surface area (Å²) in [6.07, 6.45) is 5.45. The van der Waals surface area contributed by atoms with Crippen LogP contribution in [0.4, 0.5) is 0 Å². The summed E-state index contributed by atoms with van der Waals surface area (Å²) in [5, 5.41) is 9.63. The number of aliphatic hydroxyl groups excluding tert-OH is 1. The molecule has 1 N–H and O–H groups in total. The molecule has 0 heterocycles. The molecule has 5 heteroatoms. The van der Waals surface area contributed by atoms with Gasteiger partial charge in [0.15, 0.2) is 0 Å². The van der Waals surface area contributed by atoms with Gasteiger partial charge < -0.3 is 14.7 Å². The van der Waals surface area contributed by atoms with Crippen molar-refractivity contribution in [3.8, 4) is 0 Å². The third-order valence-electron chi connectivity index (χ3n) is 3.80. The Hall–Kier alpha value is -0.650. The summed E-state index contributed by atoms with van der Waals surface area (Å²) in [5.41, 5.74) is 0. The van der Waals surface area contributed by atoms with Gasteiger partial charge in [-0.1, -0.05) is 19.3 Å². The molecule has 0 radical (unpaired) electrons. The second-order valence-corrected chi connectivity index (χ2v) is 5.60. The fourth-order valence-electron chi connectivity index (χ4n) is 2.68. The van der Waals surface area contributed by atoms with E-state index in [2.05, 4.69) is 0 Å². The van der Waals surface area contributed by atoms with Crippen LogP contribution in [0.3, 0.4) is 0 Å². The molecule has 5 nitrogen and oxygen atoms in total. The van der Waals surface area contributed by atoms with Crippen molar-refractivity contribution in [1.82, 2.24) is 9.80 Å². The van der Waals surface area contributed by atoms with Crippen molar-refractivity contribution in [3.63, 3.8) is 0 Å². The zero-order valence-electron chi connectivity index (χ0n) is 12.5. The van der Waals surface area contributed by atoms with E-state index in [1.165, 1.54) is 19.3 Å². The van der Waals surface area contributed by atoms with Gasteiger partial charge in [0.2, 0.25) is 5.91 Å². The third-order valence-corrected chi connectivity index (χ3v) is 3.80. The van der Waals surface area contributed by atoms with Gasteiger partial charge in [-0.25, -0.2) is 0 Å².